The monoisotopic (exact) mass is 464 g/mol. The summed E-state index contributed by atoms with van der Waals surface area (Å²) in [6, 6.07) is 6.89. The second-order valence-corrected chi connectivity index (χ2v) is 8.63. The lowest BCUT2D eigenvalue weighted by molar-refractivity contribution is 0.102. The Labute approximate surface area is 196 Å². The number of nitrogens with one attached hydrogen (secondary N) is 1. The third kappa shape index (κ3) is 4.94. The molecule has 0 aliphatic heterocycles. The number of carbonyl (C=O) groups is 1. The molecule has 1 aliphatic rings. The molecular weight excluding hydrogens is 438 g/mol. The van der Waals surface area contributed by atoms with Crippen LogP contribution < -0.4 is 16.8 Å². The molecular formula is C25H26F2N6O. The lowest BCUT2D eigenvalue weighted by Gasteiger charge is -2.32. The van der Waals surface area contributed by atoms with Gasteiger partial charge in [-0.15, -0.1) is 0 Å². The van der Waals surface area contributed by atoms with E-state index in [0.717, 1.165) is 43.2 Å². The summed E-state index contributed by atoms with van der Waals surface area (Å²) in [7, 11) is 0. The number of amides is 1. The Kier molecular flexibility index (Phi) is 6.93. The van der Waals surface area contributed by atoms with Crippen molar-refractivity contribution in [2.24, 2.45) is 17.4 Å². The first kappa shape index (κ1) is 23.4. The number of nitrogens with two attached hydrogens (primary N) is 2. The van der Waals surface area contributed by atoms with Crippen LogP contribution in [-0.2, 0) is 0 Å². The predicted molar refractivity (Wildman–Crippen MR) is 126 cm³/mol. The van der Waals surface area contributed by atoms with Crippen molar-refractivity contribution >= 4 is 17.2 Å². The number of pyridine rings is 1. The van der Waals surface area contributed by atoms with Crippen molar-refractivity contribution in [1.29, 1.82) is 0 Å². The van der Waals surface area contributed by atoms with Crippen molar-refractivity contribution in [2.75, 3.05) is 5.32 Å². The highest BCUT2D eigenvalue weighted by atomic mass is 19.1. The summed E-state index contributed by atoms with van der Waals surface area (Å²) in [5.74, 6) is -1.51. The van der Waals surface area contributed by atoms with Crippen LogP contribution in [0.2, 0.25) is 0 Å². The van der Waals surface area contributed by atoms with Crippen molar-refractivity contribution in [2.45, 2.75) is 38.1 Å². The maximum absolute atomic E-state index is 14.3. The Hall–Kier alpha value is -3.72. The molecule has 1 saturated carbocycles. The Balaban J connectivity index is 1.61. The molecule has 34 heavy (non-hydrogen) atoms. The number of rotatable bonds is 5. The molecule has 0 saturated heterocycles. The molecule has 1 aliphatic carbocycles. The number of halogens is 2. The molecule has 1 aromatic carbocycles. The van der Waals surface area contributed by atoms with Gasteiger partial charge in [0.25, 0.3) is 5.91 Å². The third-order valence-electron chi connectivity index (χ3n) is 6.05. The quantitative estimate of drug-likeness (QED) is 0.525. The van der Waals surface area contributed by atoms with Crippen molar-refractivity contribution in [3.63, 3.8) is 0 Å². The highest BCUT2D eigenvalue weighted by molar-refractivity contribution is 6.03. The first-order valence-electron chi connectivity index (χ1n) is 11.1. The van der Waals surface area contributed by atoms with Gasteiger partial charge in [0.05, 0.1) is 17.4 Å². The maximum Gasteiger partial charge on any atom is 0.274 e. The van der Waals surface area contributed by atoms with Crippen molar-refractivity contribution in [3.05, 3.63) is 89.4 Å². The predicted octanol–water partition coefficient (Wildman–Crippen LogP) is 3.98. The molecule has 1 fully saturated rings. The fraction of sp³-hybridized carbons (Fsp3) is 0.280. The summed E-state index contributed by atoms with van der Waals surface area (Å²) in [5, 5.41) is 2.87. The largest absolute Gasteiger partial charge is 0.404 e. The van der Waals surface area contributed by atoms with Gasteiger partial charge < -0.3 is 16.8 Å². The summed E-state index contributed by atoms with van der Waals surface area (Å²) < 4.78 is 28.6. The first-order valence-corrected chi connectivity index (χ1v) is 11.1. The Morgan fingerprint density at radius 3 is 2.59 bits per heavy atom. The van der Waals surface area contributed by atoms with Crippen molar-refractivity contribution < 1.29 is 13.6 Å². The van der Waals surface area contributed by atoms with Gasteiger partial charge in [0.1, 0.15) is 17.3 Å². The number of carbonyl (C=O) groups excluding carboxylic acids is 1. The van der Waals surface area contributed by atoms with Gasteiger partial charge in [-0.05, 0) is 60.9 Å². The standard InChI is InChI=1S/C25H26F2N6O/c1-14-9-15(11-16(29)10-14)17-5-7-30-13-22(17)33-25(34)21-6-8-31-24(32-21)18(12-28)23-19(26)3-2-4-20(23)27/h2-8,12-16H,9-11,28-29H2,1H3,(H,33,34)/t14-,15+,16-/m0/s1. The van der Waals surface area contributed by atoms with E-state index in [1.54, 1.807) is 12.4 Å². The molecule has 3 aromatic rings. The summed E-state index contributed by atoms with van der Waals surface area (Å²) >= 11 is 0. The van der Waals surface area contributed by atoms with Crippen LogP contribution in [0.25, 0.3) is 5.57 Å². The Bertz CT molecular complexity index is 1200. The van der Waals surface area contributed by atoms with Crippen molar-refractivity contribution in [1.82, 2.24) is 15.0 Å². The van der Waals surface area contributed by atoms with Gasteiger partial charge in [0, 0.05) is 30.2 Å². The first-order chi connectivity index (χ1) is 16.4. The van der Waals surface area contributed by atoms with Crippen LogP contribution >= 0.6 is 0 Å². The van der Waals surface area contributed by atoms with Gasteiger partial charge in [0.15, 0.2) is 5.82 Å². The highest BCUT2D eigenvalue weighted by Crippen LogP contribution is 2.38. The van der Waals surface area contributed by atoms with Crippen LogP contribution in [0, 0.1) is 17.6 Å². The Morgan fingerprint density at radius 1 is 1.12 bits per heavy atom. The second-order valence-electron chi connectivity index (χ2n) is 8.63. The van der Waals surface area contributed by atoms with Crippen molar-refractivity contribution in [3.8, 4) is 0 Å². The minimum atomic E-state index is -0.810. The SMILES string of the molecule is C[C@@H]1C[C@H](N)C[C@H](c2ccncc2NC(=O)c2ccnc(C(=CN)c3c(F)cccc3F)n2)C1. The number of benzene rings is 1. The topological polar surface area (TPSA) is 120 Å². The highest BCUT2D eigenvalue weighted by Gasteiger charge is 2.27. The molecule has 4 rings (SSSR count). The van der Waals surface area contributed by atoms with E-state index in [-0.39, 0.29) is 34.6 Å². The van der Waals surface area contributed by atoms with Gasteiger partial charge in [0.2, 0.25) is 0 Å². The number of aromatic nitrogens is 3. The van der Waals surface area contributed by atoms with Gasteiger partial charge >= 0.3 is 0 Å². The van der Waals surface area contributed by atoms with E-state index in [1.807, 2.05) is 6.07 Å². The summed E-state index contributed by atoms with van der Waals surface area (Å²) in [4.78, 5) is 25.5. The van der Waals surface area contributed by atoms with Crippen LogP contribution in [0.4, 0.5) is 14.5 Å². The van der Waals surface area contributed by atoms with Crippen LogP contribution in [0.1, 0.15) is 59.5 Å². The average molecular weight is 465 g/mol. The third-order valence-corrected chi connectivity index (χ3v) is 6.05. The van der Waals surface area contributed by atoms with E-state index in [0.29, 0.717) is 11.6 Å². The fourth-order valence-corrected chi connectivity index (χ4v) is 4.60. The molecule has 2 aromatic heterocycles. The minimum Gasteiger partial charge on any atom is -0.404 e. The van der Waals surface area contributed by atoms with Gasteiger partial charge in [-0.1, -0.05) is 13.0 Å². The molecule has 0 radical (unpaired) electrons. The van der Waals surface area contributed by atoms with Gasteiger partial charge in [-0.2, -0.15) is 0 Å². The molecule has 5 N–H and O–H groups in total. The van der Waals surface area contributed by atoms with Crippen LogP contribution in [0.5, 0.6) is 0 Å². The molecule has 0 spiro atoms. The average Bonchev–Trinajstić information content (AvgIpc) is 2.81. The zero-order chi connectivity index (χ0) is 24.2. The maximum atomic E-state index is 14.3. The zero-order valence-electron chi connectivity index (χ0n) is 18.7. The number of anilines is 1. The molecule has 7 nitrogen and oxygen atoms in total. The smallest absolute Gasteiger partial charge is 0.274 e. The normalized spacial score (nSPS) is 20.7. The lowest BCUT2D eigenvalue weighted by atomic mass is 9.76. The zero-order valence-corrected chi connectivity index (χ0v) is 18.7. The van der Waals surface area contributed by atoms with Gasteiger partial charge in [-0.25, -0.2) is 18.7 Å². The van der Waals surface area contributed by atoms with E-state index < -0.39 is 17.5 Å². The van der Waals surface area contributed by atoms with E-state index in [2.05, 4.69) is 27.2 Å². The fourth-order valence-electron chi connectivity index (χ4n) is 4.60. The lowest BCUT2D eigenvalue weighted by Crippen LogP contribution is -2.31. The molecule has 0 unspecified atom stereocenters. The molecule has 2 heterocycles. The number of hydrogen-bond acceptors (Lipinski definition) is 6. The molecule has 0 bridgehead atoms. The van der Waals surface area contributed by atoms with Crippen LogP contribution in [0.3, 0.4) is 0 Å². The summed E-state index contributed by atoms with van der Waals surface area (Å²) in [6.07, 6.45) is 8.42. The van der Waals surface area contributed by atoms with Crippen LogP contribution in [-0.4, -0.2) is 26.9 Å². The Morgan fingerprint density at radius 2 is 1.88 bits per heavy atom. The molecule has 9 heteroatoms. The molecule has 3 atom stereocenters. The summed E-state index contributed by atoms with van der Waals surface area (Å²) in [5.41, 5.74) is 13.0. The molecule has 176 valence electrons. The second kappa shape index (κ2) is 10.0. The van der Waals surface area contributed by atoms with Gasteiger partial charge in [-0.3, -0.25) is 9.78 Å². The molecule has 1 amide bonds. The number of nitrogens with zero attached hydrogens (tertiary/aromatic N) is 3. The van der Waals surface area contributed by atoms with E-state index in [9.17, 15) is 13.6 Å². The summed E-state index contributed by atoms with van der Waals surface area (Å²) in [6.45, 7) is 2.18. The van der Waals surface area contributed by atoms with E-state index in [4.69, 9.17) is 11.5 Å². The van der Waals surface area contributed by atoms with E-state index >= 15 is 0 Å². The number of hydrogen-bond donors (Lipinski definition) is 3. The van der Waals surface area contributed by atoms with E-state index in [1.165, 1.54) is 18.3 Å². The van der Waals surface area contributed by atoms with Crippen LogP contribution in [0.15, 0.2) is 55.1 Å². The minimum absolute atomic E-state index is 0.0182.